The summed E-state index contributed by atoms with van der Waals surface area (Å²) in [5, 5.41) is 2.75. The van der Waals surface area contributed by atoms with E-state index in [1.807, 2.05) is 0 Å². The molecule has 1 rings (SSSR count). The van der Waals surface area contributed by atoms with Crippen LogP contribution in [-0.4, -0.2) is 23.8 Å². The number of hydrogen-bond donors (Lipinski definition) is 1. The highest BCUT2D eigenvalue weighted by Crippen LogP contribution is 2.17. The van der Waals surface area contributed by atoms with Gasteiger partial charge in [0.2, 0.25) is 7.12 Å². The first kappa shape index (κ1) is 16.1. The Kier molecular flexibility index (Phi) is 5.97. The lowest BCUT2D eigenvalue weighted by Gasteiger charge is -2.19. The first-order valence-corrected chi connectivity index (χ1v) is 6.63. The van der Waals surface area contributed by atoms with Crippen LogP contribution in [0.25, 0.3) is 0 Å². The molecular weight excluding hydrogens is 286 g/mol. The molecule has 102 valence electrons. The van der Waals surface area contributed by atoms with Gasteiger partial charge < -0.3 is 8.92 Å². The third kappa shape index (κ3) is 6.70. The fourth-order valence-corrected chi connectivity index (χ4v) is 1.64. The van der Waals surface area contributed by atoms with Crippen molar-refractivity contribution < 1.29 is 13.7 Å². The summed E-state index contributed by atoms with van der Waals surface area (Å²) in [6.45, 7) is 5.58. The number of nitrogens with one attached hydrogen (secondary N) is 1. The summed E-state index contributed by atoms with van der Waals surface area (Å²) in [6, 6.07) is 3.25. The number of carbonyl (C=O) groups is 1. The minimum atomic E-state index is -0.595. The average molecular weight is 301 g/mol. The molecule has 1 heterocycles. The van der Waals surface area contributed by atoms with Crippen molar-refractivity contribution in [1.29, 1.82) is 0 Å². The first-order chi connectivity index (χ1) is 8.80. The SMILES string of the molecule is [B]SOCc1cc(Cl)nc(NC(=O)OC(C)(C)C)c1. The van der Waals surface area contributed by atoms with Crippen LogP contribution in [0.1, 0.15) is 26.3 Å². The number of hydrogen-bond acceptors (Lipinski definition) is 5. The summed E-state index contributed by atoms with van der Waals surface area (Å²) in [5.41, 5.74) is 0.161. The number of anilines is 1. The molecule has 1 amide bonds. The highest BCUT2D eigenvalue weighted by atomic mass is 35.5. The normalized spacial score (nSPS) is 11.2. The minimum Gasteiger partial charge on any atom is -0.444 e. The zero-order chi connectivity index (χ0) is 14.5. The molecule has 0 spiro atoms. The largest absolute Gasteiger partial charge is 0.444 e. The van der Waals surface area contributed by atoms with Gasteiger partial charge in [0.1, 0.15) is 16.6 Å². The van der Waals surface area contributed by atoms with Gasteiger partial charge in [0.05, 0.1) is 6.61 Å². The lowest BCUT2D eigenvalue weighted by atomic mass is 10.2. The minimum absolute atomic E-state index is 0.245. The molecule has 0 aliphatic rings. The Labute approximate surface area is 122 Å². The van der Waals surface area contributed by atoms with Crippen LogP contribution in [0.15, 0.2) is 12.1 Å². The van der Waals surface area contributed by atoms with Crippen LogP contribution in [0, 0.1) is 0 Å². The smallest absolute Gasteiger partial charge is 0.413 e. The van der Waals surface area contributed by atoms with Crippen LogP contribution >= 0.6 is 23.5 Å². The molecule has 1 aromatic heterocycles. The van der Waals surface area contributed by atoms with E-state index in [0.29, 0.717) is 5.82 Å². The molecule has 1 aromatic rings. The van der Waals surface area contributed by atoms with E-state index in [-0.39, 0.29) is 11.8 Å². The van der Waals surface area contributed by atoms with Crippen molar-refractivity contribution in [1.82, 2.24) is 4.98 Å². The maximum Gasteiger partial charge on any atom is 0.413 e. The molecule has 0 aliphatic heterocycles. The molecule has 0 saturated carbocycles. The van der Waals surface area contributed by atoms with Gasteiger partial charge in [0.15, 0.2) is 0 Å². The van der Waals surface area contributed by atoms with E-state index >= 15 is 0 Å². The van der Waals surface area contributed by atoms with Gasteiger partial charge in [-0.1, -0.05) is 23.5 Å². The number of amides is 1. The van der Waals surface area contributed by atoms with Gasteiger partial charge >= 0.3 is 6.09 Å². The van der Waals surface area contributed by atoms with E-state index in [1.54, 1.807) is 32.9 Å². The quantitative estimate of drug-likeness (QED) is 0.525. The number of pyridine rings is 1. The van der Waals surface area contributed by atoms with Gasteiger partial charge in [-0.3, -0.25) is 5.32 Å². The van der Waals surface area contributed by atoms with Crippen LogP contribution in [-0.2, 0) is 15.5 Å². The summed E-state index contributed by atoms with van der Waals surface area (Å²) in [6.07, 6.45) is -0.595. The molecule has 2 radical (unpaired) electrons. The molecule has 0 unspecified atom stereocenters. The number of halogens is 1. The molecular formula is C11H14BClN2O3S. The van der Waals surface area contributed by atoms with Crippen LogP contribution in [0.2, 0.25) is 5.15 Å². The molecule has 0 fully saturated rings. The van der Waals surface area contributed by atoms with Crippen molar-refractivity contribution in [3.63, 3.8) is 0 Å². The van der Waals surface area contributed by atoms with Crippen molar-refractivity contribution in [2.24, 2.45) is 0 Å². The van der Waals surface area contributed by atoms with Gasteiger partial charge in [-0.05, 0) is 38.5 Å². The zero-order valence-corrected chi connectivity index (χ0v) is 12.5. The highest BCUT2D eigenvalue weighted by Gasteiger charge is 2.16. The van der Waals surface area contributed by atoms with Gasteiger partial charge in [0.25, 0.3) is 0 Å². The molecule has 0 aromatic carbocycles. The Hall–Kier alpha value is -0.915. The number of aromatic nitrogens is 1. The molecule has 0 atom stereocenters. The molecule has 1 N–H and O–H groups in total. The monoisotopic (exact) mass is 300 g/mol. The van der Waals surface area contributed by atoms with Gasteiger partial charge in [-0.15, -0.1) is 0 Å². The number of rotatable bonds is 4. The van der Waals surface area contributed by atoms with Crippen LogP contribution < -0.4 is 5.32 Å². The summed E-state index contributed by atoms with van der Waals surface area (Å²) < 4.78 is 10.1. The van der Waals surface area contributed by atoms with Gasteiger partial charge in [0, 0.05) is 0 Å². The Morgan fingerprint density at radius 2 is 2.21 bits per heavy atom. The van der Waals surface area contributed by atoms with Crippen molar-refractivity contribution >= 4 is 42.5 Å². The third-order valence-electron chi connectivity index (χ3n) is 1.78. The summed E-state index contributed by atoms with van der Waals surface area (Å²) in [7, 11) is 5.16. The summed E-state index contributed by atoms with van der Waals surface area (Å²) in [5.74, 6) is 0.294. The fraction of sp³-hybridized carbons (Fsp3) is 0.455. The highest BCUT2D eigenvalue weighted by molar-refractivity contribution is 8.15. The summed E-state index contributed by atoms with van der Waals surface area (Å²) >= 11 is 6.60. The van der Waals surface area contributed by atoms with E-state index in [1.165, 1.54) is 0 Å². The molecule has 5 nitrogen and oxygen atoms in total. The second-order valence-corrected chi connectivity index (χ2v) is 5.48. The molecule has 8 heteroatoms. The molecule has 0 saturated heterocycles. The van der Waals surface area contributed by atoms with Crippen molar-refractivity contribution in [3.8, 4) is 0 Å². The van der Waals surface area contributed by atoms with Crippen molar-refractivity contribution in [3.05, 3.63) is 22.8 Å². The number of nitrogens with zero attached hydrogens (tertiary/aromatic N) is 1. The van der Waals surface area contributed by atoms with E-state index in [4.69, 9.17) is 27.6 Å². The van der Waals surface area contributed by atoms with E-state index < -0.39 is 11.7 Å². The third-order valence-corrected chi connectivity index (χ3v) is 2.22. The van der Waals surface area contributed by atoms with E-state index in [9.17, 15) is 4.79 Å². The second kappa shape index (κ2) is 7.02. The van der Waals surface area contributed by atoms with Gasteiger partial charge in [-0.25, -0.2) is 9.78 Å². The molecule has 0 aliphatic carbocycles. The second-order valence-electron chi connectivity index (χ2n) is 4.67. The number of ether oxygens (including phenoxy) is 1. The van der Waals surface area contributed by atoms with E-state index in [2.05, 4.69) is 10.3 Å². The predicted molar refractivity (Wildman–Crippen MR) is 77.2 cm³/mol. The molecule has 19 heavy (non-hydrogen) atoms. The van der Waals surface area contributed by atoms with Gasteiger partial charge in [-0.2, -0.15) is 0 Å². The standard InChI is InChI=1S/C11H14BClN2O3S/c1-11(2,3)18-10(16)15-9-5-7(6-17-19-12)4-8(13)14-9/h4-5H,6H2,1-3H3,(H,14,15,16). The topological polar surface area (TPSA) is 60.5 Å². The van der Waals surface area contributed by atoms with Crippen LogP contribution in [0.5, 0.6) is 0 Å². The Balaban J connectivity index is 2.72. The lowest BCUT2D eigenvalue weighted by molar-refractivity contribution is 0.0635. The Morgan fingerprint density at radius 3 is 2.79 bits per heavy atom. The fourth-order valence-electron chi connectivity index (χ4n) is 1.21. The molecule has 0 bridgehead atoms. The Bertz CT molecular complexity index is 454. The maximum absolute atomic E-state index is 11.6. The zero-order valence-electron chi connectivity index (χ0n) is 10.9. The lowest BCUT2D eigenvalue weighted by Crippen LogP contribution is -2.27. The van der Waals surface area contributed by atoms with Crippen LogP contribution in [0.4, 0.5) is 10.6 Å². The van der Waals surface area contributed by atoms with E-state index in [0.717, 1.165) is 17.5 Å². The van der Waals surface area contributed by atoms with Crippen LogP contribution in [0.3, 0.4) is 0 Å². The maximum atomic E-state index is 11.6. The first-order valence-electron chi connectivity index (χ1n) is 5.45. The Morgan fingerprint density at radius 1 is 1.53 bits per heavy atom. The van der Waals surface area contributed by atoms with Crippen molar-refractivity contribution in [2.75, 3.05) is 5.32 Å². The average Bonchev–Trinajstić information content (AvgIpc) is 2.22. The number of carbonyl (C=O) groups excluding carboxylic acids is 1. The summed E-state index contributed by atoms with van der Waals surface area (Å²) in [4.78, 5) is 15.6. The predicted octanol–water partition coefficient (Wildman–Crippen LogP) is 3.33. The van der Waals surface area contributed by atoms with Crippen molar-refractivity contribution in [2.45, 2.75) is 33.0 Å².